The molecule has 0 heteroatoms. The van der Waals surface area contributed by atoms with Crippen molar-refractivity contribution in [1.29, 1.82) is 0 Å². The highest BCUT2D eigenvalue weighted by Gasteiger charge is 2.34. The van der Waals surface area contributed by atoms with E-state index in [2.05, 4.69) is 13.8 Å². The molecule has 0 aromatic rings. The Kier molecular flexibility index (Phi) is 11.7. The van der Waals surface area contributed by atoms with E-state index in [0.29, 0.717) is 0 Å². The van der Waals surface area contributed by atoms with Crippen molar-refractivity contribution >= 4 is 0 Å². The van der Waals surface area contributed by atoms with E-state index >= 15 is 0 Å². The van der Waals surface area contributed by atoms with Crippen LogP contribution < -0.4 is 0 Å². The van der Waals surface area contributed by atoms with Gasteiger partial charge in [0.25, 0.3) is 0 Å². The highest BCUT2D eigenvalue weighted by molar-refractivity contribution is 4.85. The first-order valence-corrected chi connectivity index (χ1v) is 14.8. The molecule has 0 nitrogen and oxygen atoms in total. The zero-order valence-electron chi connectivity index (χ0n) is 21.0. The number of rotatable bonds is 12. The van der Waals surface area contributed by atoms with Gasteiger partial charge >= 0.3 is 0 Å². The first kappa shape index (κ1) is 24.6. The summed E-state index contributed by atoms with van der Waals surface area (Å²) in [5.74, 6) is 6.59. The van der Waals surface area contributed by atoms with Gasteiger partial charge in [-0.15, -0.1) is 0 Å². The van der Waals surface area contributed by atoms with Crippen molar-refractivity contribution in [3.05, 3.63) is 0 Å². The third-order valence-corrected chi connectivity index (χ3v) is 9.98. The number of hydrogen-bond donors (Lipinski definition) is 0. The third kappa shape index (κ3) is 8.16. The fourth-order valence-corrected chi connectivity index (χ4v) is 7.67. The van der Waals surface area contributed by atoms with Crippen LogP contribution in [-0.2, 0) is 0 Å². The molecule has 0 unspecified atom stereocenters. The molecule has 0 saturated heterocycles. The zero-order chi connectivity index (χ0) is 21.0. The van der Waals surface area contributed by atoms with Crippen LogP contribution >= 0.6 is 0 Å². The fraction of sp³-hybridized carbons (Fsp3) is 1.00. The topological polar surface area (TPSA) is 0 Å². The molecule has 30 heavy (non-hydrogen) atoms. The van der Waals surface area contributed by atoms with Crippen molar-refractivity contribution < 1.29 is 0 Å². The lowest BCUT2D eigenvalue weighted by Gasteiger charge is -2.41. The second kappa shape index (κ2) is 14.2. The van der Waals surface area contributed by atoms with E-state index in [1.807, 2.05) is 0 Å². The van der Waals surface area contributed by atoms with Gasteiger partial charge in [-0.1, -0.05) is 104 Å². The van der Waals surface area contributed by atoms with Gasteiger partial charge in [-0.05, 0) is 86.9 Å². The molecular weight excluding hydrogens is 360 g/mol. The Bertz CT molecular complexity index is 402. The minimum atomic E-state index is 1.07. The van der Waals surface area contributed by atoms with Gasteiger partial charge in [-0.25, -0.2) is 0 Å². The van der Waals surface area contributed by atoms with Crippen LogP contribution in [0.5, 0.6) is 0 Å². The maximum Gasteiger partial charge on any atom is -0.0386 e. The Balaban J connectivity index is 1.21. The minimum absolute atomic E-state index is 1.07. The lowest BCUT2D eigenvalue weighted by Crippen LogP contribution is -2.29. The molecule has 0 aliphatic heterocycles. The Hall–Kier alpha value is 0. The second-order valence-electron chi connectivity index (χ2n) is 11.9. The molecule has 0 atom stereocenters. The van der Waals surface area contributed by atoms with Gasteiger partial charge < -0.3 is 0 Å². The van der Waals surface area contributed by atoms with Crippen LogP contribution in [0.25, 0.3) is 0 Å². The van der Waals surface area contributed by atoms with Crippen LogP contribution in [0.4, 0.5) is 0 Å². The van der Waals surface area contributed by atoms with Gasteiger partial charge in [0.05, 0.1) is 0 Å². The van der Waals surface area contributed by atoms with E-state index in [4.69, 9.17) is 0 Å². The predicted octanol–water partition coefficient (Wildman–Crippen LogP) is 10.3. The largest absolute Gasteiger partial charge is 0.0654 e. The smallest absolute Gasteiger partial charge is 0.0386 e. The van der Waals surface area contributed by atoms with Crippen molar-refractivity contribution in [3.63, 3.8) is 0 Å². The molecule has 0 spiro atoms. The van der Waals surface area contributed by atoms with Crippen LogP contribution in [0.1, 0.15) is 155 Å². The molecule has 0 radical (unpaired) electrons. The second-order valence-corrected chi connectivity index (χ2v) is 11.9. The average Bonchev–Trinajstić information content (AvgIpc) is 2.81. The standard InChI is InChI=1S/C30H56/c1-3-5-6-7-8-9-10-11-12-26-15-19-28(20-16-26)30-23-21-29(22-24-30)27-17-13-25(4-2)14-18-27/h25-30H,3-24H2,1-2H3. The molecule has 0 N–H and O–H groups in total. The van der Waals surface area contributed by atoms with E-state index in [0.717, 1.165) is 35.5 Å². The van der Waals surface area contributed by atoms with Crippen LogP contribution in [0.15, 0.2) is 0 Å². The zero-order valence-corrected chi connectivity index (χ0v) is 21.0. The molecular formula is C30H56. The minimum Gasteiger partial charge on any atom is -0.0654 e. The summed E-state index contributed by atoms with van der Waals surface area (Å²) in [7, 11) is 0. The van der Waals surface area contributed by atoms with Crippen molar-refractivity contribution in [3.8, 4) is 0 Å². The van der Waals surface area contributed by atoms with E-state index in [1.165, 1.54) is 57.8 Å². The Labute approximate surface area is 190 Å². The summed E-state index contributed by atoms with van der Waals surface area (Å²) in [4.78, 5) is 0. The van der Waals surface area contributed by atoms with E-state index in [1.54, 1.807) is 83.5 Å². The molecule has 0 heterocycles. The summed E-state index contributed by atoms with van der Waals surface area (Å²) in [5.41, 5.74) is 0. The lowest BCUT2D eigenvalue weighted by atomic mass is 9.64. The predicted molar refractivity (Wildman–Crippen MR) is 134 cm³/mol. The molecule has 0 amide bonds. The first-order chi connectivity index (χ1) is 14.8. The summed E-state index contributed by atoms with van der Waals surface area (Å²) >= 11 is 0. The van der Waals surface area contributed by atoms with Crippen LogP contribution in [0.2, 0.25) is 0 Å². The first-order valence-electron chi connectivity index (χ1n) is 14.8. The monoisotopic (exact) mass is 416 g/mol. The summed E-state index contributed by atoms with van der Waals surface area (Å²) in [6.07, 6.45) is 33.7. The van der Waals surface area contributed by atoms with E-state index in [-0.39, 0.29) is 0 Å². The third-order valence-electron chi connectivity index (χ3n) is 9.98. The van der Waals surface area contributed by atoms with Gasteiger partial charge in [0.2, 0.25) is 0 Å². The van der Waals surface area contributed by atoms with Crippen molar-refractivity contribution in [1.82, 2.24) is 0 Å². The Morgan fingerprint density at radius 1 is 0.400 bits per heavy atom. The normalized spacial score (nSPS) is 35.4. The summed E-state index contributed by atoms with van der Waals surface area (Å²) < 4.78 is 0. The molecule has 3 aliphatic rings. The molecule has 0 bridgehead atoms. The van der Waals surface area contributed by atoms with Crippen LogP contribution in [0, 0.1) is 35.5 Å². The Morgan fingerprint density at radius 2 is 0.767 bits per heavy atom. The lowest BCUT2D eigenvalue weighted by molar-refractivity contribution is 0.103. The molecule has 0 aromatic carbocycles. The molecule has 0 aromatic heterocycles. The quantitative estimate of drug-likeness (QED) is 0.277. The van der Waals surface area contributed by atoms with E-state index in [9.17, 15) is 0 Å². The molecule has 3 aliphatic carbocycles. The van der Waals surface area contributed by atoms with Crippen molar-refractivity contribution in [2.75, 3.05) is 0 Å². The highest BCUT2D eigenvalue weighted by atomic mass is 14.4. The summed E-state index contributed by atoms with van der Waals surface area (Å²) in [6, 6.07) is 0. The number of hydrogen-bond acceptors (Lipinski definition) is 0. The molecule has 3 rings (SSSR count). The van der Waals surface area contributed by atoms with Crippen LogP contribution in [0.3, 0.4) is 0 Å². The maximum absolute atomic E-state index is 2.40. The van der Waals surface area contributed by atoms with Crippen LogP contribution in [-0.4, -0.2) is 0 Å². The van der Waals surface area contributed by atoms with Gasteiger partial charge in [-0.2, -0.15) is 0 Å². The average molecular weight is 417 g/mol. The highest BCUT2D eigenvalue weighted by Crippen LogP contribution is 2.46. The van der Waals surface area contributed by atoms with E-state index < -0.39 is 0 Å². The fourth-order valence-electron chi connectivity index (χ4n) is 7.67. The summed E-state index contributed by atoms with van der Waals surface area (Å²) in [6.45, 7) is 4.72. The summed E-state index contributed by atoms with van der Waals surface area (Å²) in [5, 5.41) is 0. The van der Waals surface area contributed by atoms with Crippen molar-refractivity contribution in [2.24, 2.45) is 35.5 Å². The Morgan fingerprint density at radius 3 is 1.20 bits per heavy atom. The molecule has 3 saturated carbocycles. The van der Waals surface area contributed by atoms with Gasteiger partial charge in [0, 0.05) is 0 Å². The van der Waals surface area contributed by atoms with Crippen molar-refractivity contribution in [2.45, 2.75) is 155 Å². The van der Waals surface area contributed by atoms with Gasteiger partial charge in [0.1, 0.15) is 0 Å². The van der Waals surface area contributed by atoms with Gasteiger partial charge in [-0.3, -0.25) is 0 Å². The maximum atomic E-state index is 2.40. The molecule has 176 valence electrons. The molecule has 3 fully saturated rings. The SMILES string of the molecule is CCCCCCCCCCC1CCC(C2CCC(C3CCC(CC)CC3)CC2)CC1. The van der Waals surface area contributed by atoms with Gasteiger partial charge in [0.15, 0.2) is 0 Å². The number of unbranched alkanes of at least 4 members (excludes halogenated alkanes) is 7.